The minimum atomic E-state index is -3.30. The lowest BCUT2D eigenvalue weighted by atomic mass is 10.2. The third-order valence-corrected chi connectivity index (χ3v) is 7.34. The van der Waals surface area contributed by atoms with Gasteiger partial charge in [0.1, 0.15) is 0 Å². The molecule has 0 radical (unpaired) electrons. The predicted octanol–water partition coefficient (Wildman–Crippen LogP) is 4.92. The van der Waals surface area contributed by atoms with E-state index in [0.29, 0.717) is 12.1 Å². The van der Waals surface area contributed by atoms with Gasteiger partial charge in [-0.05, 0) is 43.5 Å². The highest BCUT2D eigenvalue weighted by Crippen LogP contribution is 2.29. The van der Waals surface area contributed by atoms with Crippen molar-refractivity contribution in [3.05, 3.63) is 54.1 Å². The maximum atomic E-state index is 12.2. The quantitative estimate of drug-likeness (QED) is 0.437. The number of rotatable bonds is 8. The van der Waals surface area contributed by atoms with Gasteiger partial charge in [-0.2, -0.15) is 0 Å². The molecule has 0 aliphatic carbocycles. The molecule has 1 N–H and O–H groups in total. The van der Waals surface area contributed by atoms with Crippen LogP contribution in [0.4, 0.5) is 5.69 Å². The van der Waals surface area contributed by atoms with Crippen LogP contribution >= 0.6 is 23.1 Å². The van der Waals surface area contributed by atoms with Gasteiger partial charge in [-0.3, -0.25) is 4.72 Å². The maximum absolute atomic E-state index is 12.2. The number of nitrogens with zero attached hydrogens (tertiary/aromatic N) is 1. The number of para-hydroxylation sites is 2. The zero-order valence-electron chi connectivity index (χ0n) is 13.9. The molecule has 0 bridgehead atoms. The number of unbranched alkanes of at least 4 members (excludes halogenated alkanes) is 1. The topological polar surface area (TPSA) is 59.1 Å². The van der Waals surface area contributed by atoms with Crippen LogP contribution in [0, 0.1) is 6.92 Å². The second-order valence-corrected chi connectivity index (χ2v) is 9.95. The number of fused-ring (bicyclic) bond motifs is 1. The number of sulfonamides is 1. The molecular weight excluding hydrogens is 372 g/mol. The fraction of sp³-hybridized carbons (Fsp3) is 0.278. The van der Waals surface area contributed by atoms with E-state index >= 15 is 0 Å². The van der Waals surface area contributed by atoms with Crippen LogP contribution in [0.25, 0.3) is 10.2 Å². The fourth-order valence-corrected chi connectivity index (χ4v) is 5.76. The van der Waals surface area contributed by atoms with Gasteiger partial charge in [0.2, 0.25) is 10.0 Å². The maximum Gasteiger partial charge on any atom is 0.232 e. The smallest absolute Gasteiger partial charge is 0.232 e. The molecule has 0 spiro atoms. The lowest BCUT2D eigenvalue weighted by Crippen LogP contribution is -2.17. The Balaban J connectivity index is 1.44. The minimum absolute atomic E-state index is 0.141. The molecule has 3 aromatic rings. The summed E-state index contributed by atoms with van der Waals surface area (Å²) in [4.78, 5) is 4.58. The molecule has 1 heterocycles. The number of hydrogen-bond acceptors (Lipinski definition) is 5. The molecule has 4 nitrogen and oxygen atoms in total. The summed E-state index contributed by atoms with van der Waals surface area (Å²) in [5.74, 6) is 1.02. The summed E-state index contributed by atoms with van der Waals surface area (Å²) < 4.78 is 29.3. The van der Waals surface area contributed by atoms with E-state index in [4.69, 9.17) is 0 Å². The van der Waals surface area contributed by atoms with E-state index in [-0.39, 0.29) is 5.75 Å². The average Bonchev–Trinajstić information content (AvgIpc) is 2.99. The SMILES string of the molecule is Cc1ccccc1NS(=O)(=O)CCCCSc1nc2ccccc2s1. The van der Waals surface area contributed by atoms with Gasteiger partial charge in [0.05, 0.1) is 21.7 Å². The number of anilines is 1. The Bertz CT molecular complexity index is 919. The normalized spacial score (nSPS) is 11.7. The van der Waals surface area contributed by atoms with Gasteiger partial charge >= 0.3 is 0 Å². The Morgan fingerprint density at radius 1 is 1.08 bits per heavy atom. The van der Waals surface area contributed by atoms with Crippen LogP contribution in [-0.2, 0) is 10.0 Å². The van der Waals surface area contributed by atoms with Gasteiger partial charge in [-0.25, -0.2) is 13.4 Å². The summed E-state index contributed by atoms with van der Waals surface area (Å²) in [6.45, 7) is 1.90. The molecular formula is C18H20N2O2S3. The van der Waals surface area contributed by atoms with E-state index in [1.165, 1.54) is 4.70 Å². The Kier molecular flexibility index (Phi) is 5.98. The first kappa shape index (κ1) is 18.2. The second kappa shape index (κ2) is 8.21. The molecule has 7 heteroatoms. The molecule has 2 aromatic carbocycles. The zero-order chi connectivity index (χ0) is 17.7. The van der Waals surface area contributed by atoms with Crippen LogP contribution in [0.15, 0.2) is 52.9 Å². The van der Waals surface area contributed by atoms with Crippen molar-refractivity contribution >= 4 is 49.0 Å². The van der Waals surface area contributed by atoms with Gasteiger partial charge in [0, 0.05) is 5.75 Å². The number of aromatic nitrogens is 1. The Hall–Kier alpha value is -1.57. The standard InChI is InChI=1S/C18H20N2O2S3/c1-14-8-2-3-9-15(14)20-25(21,22)13-7-6-12-23-18-19-16-10-4-5-11-17(16)24-18/h2-5,8-11,20H,6-7,12-13H2,1H3. The van der Waals surface area contributed by atoms with E-state index in [1.54, 1.807) is 29.2 Å². The molecule has 0 saturated heterocycles. The molecule has 0 amide bonds. The van der Waals surface area contributed by atoms with Crippen molar-refractivity contribution in [1.29, 1.82) is 0 Å². The van der Waals surface area contributed by atoms with Crippen LogP contribution in [0.3, 0.4) is 0 Å². The number of thioether (sulfide) groups is 1. The lowest BCUT2D eigenvalue weighted by molar-refractivity contribution is 0.598. The number of nitrogens with one attached hydrogen (secondary N) is 1. The zero-order valence-corrected chi connectivity index (χ0v) is 16.4. The van der Waals surface area contributed by atoms with Crippen molar-refractivity contribution in [3.8, 4) is 0 Å². The van der Waals surface area contributed by atoms with E-state index < -0.39 is 10.0 Å². The summed E-state index contributed by atoms with van der Waals surface area (Å²) >= 11 is 3.38. The third-order valence-electron chi connectivity index (χ3n) is 3.72. The molecule has 0 saturated carbocycles. The van der Waals surface area contributed by atoms with E-state index in [0.717, 1.165) is 27.6 Å². The van der Waals surface area contributed by atoms with Crippen LogP contribution in [0.2, 0.25) is 0 Å². The largest absolute Gasteiger partial charge is 0.283 e. The van der Waals surface area contributed by atoms with E-state index in [2.05, 4.69) is 15.8 Å². The molecule has 0 fully saturated rings. The van der Waals surface area contributed by atoms with Crippen molar-refractivity contribution in [2.45, 2.75) is 24.1 Å². The summed E-state index contributed by atoms with van der Waals surface area (Å²) in [5.41, 5.74) is 2.61. The Morgan fingerprint density at radius 2 is 1.84 bits per heavy atom. The van der Waals surface area contributed by atoms with Gasteiger partial charge in [0.15, 0.2) is 4.34 Å². The number of aryl methyl sites for hydroxylation is 1. The first-order valence-electron chi connectivity index (χ1n) is 8.08. The number of benzene rings is 2. The third kappa shape index (κ3) is 5.20. The summed E-state index contributed by atoms with van der Waals surface area (Å²) in [6.07, 6.45) is 1.48. The molecule has 0 aliphatic rings. The Labute approximate surface area is 156 Å². The summed E-state index contributed by atoms with van der Waals surface area (Å²) in [5, 5.41) is 0. The summed E-state index contributed by atoms with van der Waals surface area (Å²) in [6, 6.07) is 15.5. The van der Waals surface area contributed by atoms with E-state index in [9.17, 15) is 8.42 Å². The highest BCUT2D eigenvalue weighted by molar-refractivity contribution is 8.01. The molecule has 25 heavy (non-hydrogen) atoms. The predicted molar refractivity (Wildman–Crippen MR) is 108 cm³/mol. The molecule has 0 unspecified atom stereocenters. The molecule has 132 valence electrons. The minimum Gasteiger partial charge on any atom is -0.283 e. The van der Waals surface area contributed by atoms with Gasteiger partial charge in [0.25, 0.3) is 0 Å². The Morgan fingerprint density at radius 3 is 2.64 bits per heavy atom. The molecule has 1 aromatic heterocycles. The monoisotopic (exact) mass is 392 g/mol. The first-order valence-corrected chi connectivity index (χ1v) is 11.5. The molecule has 0 atom stereocenters. The highest BCUT2D eigenvalue weighted by Gasteiger charge is 2.11. The van der Waals surface area contributed by atoms with Crippen molar-refractivity contribution in [2.75, 3.05) is 16.2 Å². The molecule has 3 rings (SSSR count). The lowest BCUT2D eigenvalue weighted by Gasteiger charge is -2.10. The first-order chi connectivity index (χ1) is 12.0. The highest BCUT2D eigenvalue weighted by atomic mass is 32.2. The van der Waals surface area contributed by atoms with Gasteiger partial charge in [-0.15, -0.1) is 11.3 Å². The average molecular weight is 393 g/mol. The fourth-order valence-electron chi connectivity index (χ4n) is 2.37. The molecule has 0 aliphatic heterocycles. The number of hydrogen-bond donors (Lipinski definition) is 1. The van der Waals surface area contributed by atoms with Crippen molar-refractivity contribution < 1.29 is 8.42 Å². The van der Waals surface area contributed by atoms with Crippen molar-refractivity contribution in [1.82, 2.24) is 4.98 Å². The van der Waals surface area contributed by atoms with Crippen LogP contribution in [0.5, 0.6) is 0 Å². The summed E-state index contributed by atoms with van der Waals surface area (Å²) in [7, 11) is -3.30. The van der Waals surface area contributed by atoms with Crippen molar-refractivity contribution in [3.63, 3.8) is 0 Å². The van der Waals surface area contributed by atoms with Crippen molar-refractivity contribution in [2.24, 2.45) is 0 Å². The van der Waals surface area contributed by atoms with Gasteiger partial charge < -0.3 is 0 Å². The van der Waals surface area contributed by atoms with Crippen LogP contribution in [0.1, 0.15) is 18.4 Å². The van der Waals surface area contributed by atoms with Crippen LogP contribution < -0.4 is 4.72 Å². The number of thiazole rings is 1. The van der Waals surface area contributed by atoms with Gasteiger partial charge in [-0.1, -0.05) is 42.1 Å². The van der Waals surface area contributed by atoms with Crippen LogP contribution in [-0.4, -0.2) is 24.9 Å². The van der Waals surface area contributed by atoms with E-state index in [1.807, 2.05) is 43.3 Å². The second-order valence-electron chi connectivity index (χ2n) is 5.74.